The Labute approximate surface area is 152 Å². The van der Waals surface area contributed by atoms with Gasteiger partial charge in [0.1, 0.15) is 23.3 Å². The fraction of sp³-hybridized carbons (Fsp3) is 0.125. The number of pyridine rings is 1. The van der Waals surface area contributed by atoms with Gasteiger partial charge in [-0.3, -0.25) is 9.36 Å². The standard InChI is InChI=1S/C16H11N9O2/c1-9-11(7-18)14(26)24(2)15(27)12(9)22-23-13-10(6-17)8-21-25(13)16-19-4-3-5-20-16/h3-5,8,27H,1-2H3. The molecule has 0 atom stereocenters. The molecule has 0 aliphatic heterocycles. The number of hydrogen-bond donors (Lipinski definition) is 1. The van der Waals surface area contributed by atoms with Crippen LogP contribution in [0.15, 0.2) is 39.7 Å². The molecule has 0 aromatic carbocycles. The first-order chi connectivity index (χ1) is 13.0. The number of aromatic nitrogens is 5. The smallest absolute Gasteiger partial charge is 0.271 e. The van der Waals surface area contributed by atoms with Crippen molar-refractivity contribution in [3.63, 3.8) is 0 Å². The average molecular weight is 361 g/mol. The third-order valence-electron chi connectivity index (χ3n) is 3.74. The van der Waals surface area contributed by atoms with E-state index >= 15 is 0 Å². The van der Waals surface area contributed by atoms with Crippen LogP contribution in [0.2, 0.25) is 0 Å². The van der Waals surface area contributed by atoms with Crippen LogP contribution >= 0.6 is 0 Å². The lowest BCUT2D eigenvalue weighted by atomic mass is 10.1. The highest BCUT2D eigenvalue weighted by Gasteiger charge is 2.18. The molecule has 0 aliphatic carbocycles. The van der Waals surface area contributed by atoms with E-state index in [1.54, 1.807) is 12.1 Å². The number of nitriles is 2. The van der Waals surface area contributed by atoms with Gasteiger partial charge in [0.05, 0.1) is 6.20 Å². The summed E-state index contributed by atoms with van der Waals surface area (Å²) in [5, 5.41) is 40.6. The van der Waals surface area contributed by atoms with Crippen molar-refractivity contribution in [2.24, 2.45) is 17.3 Å². The summed E-state index contributed by atoms with van der Waals surface area (Å²) in [6, 6.07) is 5.34. The highest BCUT2D eigenvalue weighted by atomic mass is 16.3. The second-order valence-electron chi connectivity index (χ2n) is 5.30. The van der Waals surface area contributed by atoms with Gasteiger partial charge in [0.25, 0.3) is 11.5 Å². The van der Waals surface area contributed by atoms with Crippen LogP contribution in [0.25, 0.3) is 5.95 Å². The molecule has 3 heterocycles. The summed E-state index contributed by atoms with van der Waals surface area (Å²) in [5.41, 5.74) is -0.605. The maximum Gasteiger partial charge on any atom is 0.271 e. The number of aromatic hydroxyl groups is 1. The molecule has 0 amide bonds. The van der Waals surface area contributed by atoms with Gasteiger partial charge in [-0.15, -0.1) is 10.2 Å². The summed E-state index contributed by atoms with van der Waals surface area (Å²) in [4.78, 5) is 20.1. The first-order valence-electron chi connectivity index (χ1n) is 7.49. The van der Waals surface area contributed by atoms with Crippen molar-refractivity contribution in [1.29, 1.82) is 10.5 Å². The van der Waals surface area contributed by atoms with E-state index in [4.69, 9.17) is 0 Å². The molecule has 3 rings (SSSR count). The number of nitrogens with zero attached hydrogens (tertiary/aromatic N) is 9. The molecule has 0 bridgehead atoms. The first-order valence-corrected chi connectivity index (χ1v) is 7.49. The van der Waals surface area contributed by atoms with Gasteiger partial charge in [-0.1, -0.05) is 0 Å². The van der Waals surface area contributed by atoms with Crippen molar-refractivity contribution in [2.75, 3.05) is 0 Å². The normalized spacial score (nSPS) is 10.7. The Morgan fingerprint density at radius 2 is 1.89 bits per heavy atom. The second-order valence-corrected chi connectivity index (χ2v) is 5.30. The number of rotatable bonds is 3. The second kappa shape index (κ2) is 6.85. The molecule has 0 saturated heterocycles. The monoisotopic (exact) mass is 361 g/mol. The van der Waals surface area contributed by atoms with E-state index in [1.807, 2.05) is 6.07 Å². The summed E-state index contributed by atoms with van der Waals surface area (Å²) in [6.45, 7) is 1.47. The Morgan fingerprint density at radius 1 is 1.19 bits per heavy atom. The minimum Gasteiger partial charge on any atom is -0.493 e. The fourth-order valence-corrected chi connectivity index (χ4v) is 2.28. The van der Waals surface area contributed by atoms with E-state index in [-0.39, 0.29) is 34.1 Å². The summed E-state index contributed by atoms with van der Waals surface area (Å²) in [5.74, 6) is -0.247. The Kier molecular flexibility index (Phi) is 4.43. The molecular weight excluding hydrogens is 350 g/mol. The zero-order chi connectivity index (χ0) is 19.6. The van der Waals surface area contributed by atoms with E-state index < -0.39 is 11.4 Å². The molecule has 0 unspecified atom stereocenters. The van der Waals surface area contributed by atoms with E-state index in [0.717, 1.165) is 4.57 Å². The van der Waals surface area contributed by atoms with Gasteiger partial charge in [0.15, 0.2) is 11.5 Å². The molecule has 27 heavy (non-hydrogen) atoms. The predicted molar refractivity (Wildman–Crippen MR) is 90.8 cm³/mol. The molecule has 3 aromatic heterocycles. The maximum absolute atomic E-state index is 12.0. The van der Waals surface area contributed by atoms with Gasteiger partial charge in [-0.2, -0.15) is 20.3 Å². The molecule has 11 nitrogen and oxygen atoms in total. The lowest BCUT2D eigenvalue weighted by Crippen LogP contribution is -2.20. The Hall–Kier alpha value is -4.38. The van der Waals surface area contributed by atoms with E-state index in [0.29, 0.717) is 0 Å². The van der Waals surface area contributed by atoms with Crippen molar-refractivity contribution >= 4 is 11.5 Å². The Balaban J connectivity index is 2.18. The van der Waals surface area contributed by atoms with Crippen LogP contribution < -0.4 is 5.56 Å². The highest BCUT2D eigenvalue weighted by molar-refractivity contribution is 5.59. The minimum absolute atomic E-state index is 0.0369. The zero-order valence-corrected chi connectivity index (χ0v) is 14.2. The number of hydrogen-bond acceptors (Lipinski definition) is 9. The van der Waals surface area contributed by atoms with Crippen LogP contribution in [-0.2, 0) is 7.05 Å². The van der Waals surface area contributed by atoms with Crippen LogP contribution in [0, 0.1) is 29.6 Å². The van der Waals surface area contributed by atoms with Gasteiger partial charge in [0.2, 0.25) is 5.88 Å². The van der Waals surface area contributed by atoms with Gasteiger partial charge in [0, 0.05) is 25.0 Å². The Morgan fingerprint density at radius 3 is 2.52 bits per heavy atom. The summed E-state index contributed by atoms with van der Waals surface area (Å²) < 4.78 is 2.10. The maximum atomic E-state index is 12.0. The van der Waals surface area contributed by atoms with E-state index in [2.05, 4.69) is 25.3 Å². The van der Waals surface area contributed by atoms with E-state index in [1.165, 1.54) is 37.2 Å². The average Bonchev–Trinajstić information content (AvgIpc) is 3.10. The zero-order valence-electron chi connectivity index (χ0n) is 14.2. The molecule has 0 saturated carbocycles. The van der Waals surface area contributed by atoms with E-state index in [9.17, 15) is 20.4 Å². The fourth-order valence-electron chi connectivity index (χ4n) is 2.28. The van der Waals surface area contributed by atoms with Crippen LogP contribution in [-0.4, -0.2) is 29.4 Å². The third kappa shape index (κ3) is 2.89. The summed E-state index contributed by atoms with van der Waals surface area (Å²) in [6.07, 6.45) is 4.27. The van der Waals surface area contributed by atoms with Gasteiger partial charge >= 0.3 is 0 Å². The lowest BCUT2D eigenvalue weighted by molar-refractivity contribution is 0.424. The molecule has 0 radical (unpaired) electrons. The van der Waals surface area contributed by atoms with Gasteiger partial charge < -0.3 is 5.11 Å². The molecule has 1 N–H and O–H groups in total. The number of azo groups is 1. The van der Waals surface area contributed by atoms with Crippen molar-refractivity contribution in [3.05, 3.63) is 51.7 Å². The quantitative estimate of drug-likeness (QED) is 0.692. The SMILES string of the molecule is Cc1c(N=Nc2c(C#N)cnn2-c2ncccn2)c(O)n(C)c(=O)c1C#N. The molecular formula is C16H11N9O2. The summed E-state index contributed by atoms with van der Waals surface area (Å²) >= 11 is 0. The molecule has 11 heteroatoms. The molecule has 0 spiro atoms. The third-order valence-corrected chi connectivity index (χ3v) is 3.74. The van der Waals surface area contributed by atoms with Gasteiger partial charge in [-0.05, 0) is 13.0 Å². The largest absolute Gasteiger partial charge is 0.493 e. The van der Waals surface area contributed by atoms with Crippen LogP contribution in [0.3, 0.4) is 0 Å². The van der Waals surface area contributed by atoms with Gasteiger partial charge in [-0.25, -0.2) is 9.97 Å². The Bertz CT molecular complexity index is 1190. The molecule has 0 aliphatic rings. The van der Waals surface area contributed by atoms with Crippen molar-refractivity contribution < 1.29 is 5.11 Å². The molecule has 3 aromatic rings. The van der Waals surface area contributed by atoms with Crippen LogP contribution in [0.5, 0.6) is 5.88 Å². The van der Waals surface area contributed by atoms with Crippen molar-refractivity contribution in [1.82, 2.24) is 24.3 Å². The minimum atomic E-state index is -0.646. The van der Waals surface area contributed by atoms with Crippen LogP contribution in [0.4, 0.5) is 11.5 Å². The predicted octanol–water partition coefficient (Wildman–Crippen LogP) is 1.53. The van der Waals surface area contributed by atoms with Crippen LogP contribution in [0.1, 0.15) is 16.7 Å². The first kappa shape index (κ1) is 17.4. The molecule has 132 valence electrons. The summed E-state index contributed by atoms with van der Waals surface area (Å²) in [7, 11) is 1.31. The molecule has 0 fully saturated rings. The topological polar surface area (TPSA) is 158 Å². The van der Waals surface area contributed by atoms with Crippen molar-refractivity contribution in [2.45, 2.75) is 6.92 Å². The highest BCUT2D eigenvalue weighted by Crippen LogP contribution is 2.32. The van der Waals surface area contributed by atoms with Crippen molar-refractivity contribution in [3.8, 4) is 24.0 Å². The lowest BCUT2D eigenvalue weighted by Gasteiger charge is -2.08.